The van der Waals surface area contributed by atoms with E-state index in [9.17, 15) is 18.7 Å². The fraction of sp³-hybridized carbons (Fsp3) is 0.533. The Hall–Kier alpha value is -1.49. The second-order valence-electron chi connectivity index (χ2n) is 5.27. The first kappa shape index (κ1) is 14.9. The third-order valence-electron chi connectivity index (χ3n) is 3.70. The van der Waals surface area contributed by atoms with E-state index in [4.69, 9.17) is 0 Å². The summed E-state index contributed by atoms with van der Waals surface area (Å²) in [5, 5.41) is 12.6. The van der Waals surface area contributed by atoms with Crippen molar-refractivity contribution >= 4 is 5.91 Å². The van der Waals surface area contributed by atoms with Gasteiger partial charge in [0.1, 0.15) is 0 Å². The number of carbonyl (C=O) groups is 1. The van der Waals surface area contributed by atoms with Crippen molar-refractivity contribution in [3.8, 4) is 0 Å². The van der Waals surface area contributed by atoms with E-state index < -0.39 is 17.7 Å². The molecule has 1 aromatic carbocycles. The number of nitrogens with one attached hydrogen (secondary N) is 1. The van der Waals surface area contributed by atoms with Crippen LogP contribution in [0.3, 0.4) is 0 Å². The maximum atomic E-state index is 13.0. The van der Waals surface area contributed by atoms with Crippen LogP contribution in [0.25, 0.3) is 0 Å². The van der Waals surface area contributed by atoms with Crippen LogP contribution in [0.4, 0.5) is 8.78 Å². The summed E-state index contributed by atoms with van der Waals surface area (Å²) < 4.78 is 25.8. The average molecular weight is 283 g/mol. The lowest BCUT2D eigenvalue weighted by Crippen LogP contribution is -2.45. The number of aliphatic hydroxyl groups excluding tert-OH is 1. The van der Waals surface area contributed by atoms with Gasteiger partial charge in [0.25, 0.3) is 0 Å². The first-order chi connectivity index (χ1) is 9.56. The Balaban J connectivity index is 1.81. The first-order valence-corrected chi connectivity index (χ1v) is 6.97. The van der Waals surface area contributed by atoms with E-state index in [1.807, 2.05) is 0 Å². The van der Waals surface area contributed by atoms with E-state index in [0.29, 0.717) is 18.4 Å². The zero-order chi connectivity index (χ0) is 14.5. The van der Waals surface area contributed by atoms with Crippen LogP contribution in [0, 0.1) is 11.6 Å². The van der Waals surface area contributed by atoms with Crippen LogP contribution in [0.15, 0.2) is 18.2 Å². The molecule has 0 radical (unpaired) electrons. The fourth-order valence-corrected chi connectivity index (χ4v) is 2.51. The lowest BCUT2D eigenvalue weighted by molar-refractivity contribution is -0.123. The quantitative estimate of drug-likeness (QED) is 0.891. The third kappa shape index (κ3) is 4.00. The molecule has 110 valence electrons. The summed E-state index contributed by atoms with van der Waals surface area (Å²) in [6.45, 7) is 0. The lowest BCUT2D eigenvalue weighted by atomic mass is 9.92. The first-order valence-electron chi connectivity index (χ1n) is 6.97. The zero-order valence-corrected chi connectivity index (χ0v) is 11.2. The molecule has 0 heterocycles. The van der Waals surface area contributed by atoms with Gasteiger partial charge in [0.05, 0.1) is 12.1 Å². The van der Waals surface area contributed by atoms with E-state index in [1.54, 1.807) is 0 Å². The van der Waals surface area contributed by atoms with Gasteiger partial charge in [-0.25, -0.2) is 8.78 Å². The Kier molecular flexibility index (Phi) is 5.06. The van der Waals surface area contributed by atoms with E-state index in [2.05, 4.69) is 5.32 Å². The fourth-order valence-electron chi connectivity index (χ4n) is 2.51. The summed E-state index contributed by atoms with van der Waals surface area (Å²) in [6, 6.07) is 3.47. The van der Waals surface area contributed by atoms with Gasteiger partial charge in [-0.2, -0.15) is 0 Å². The molecule has 2 rings (SSSR count). The highest BCUT2D eigenvalue weighted by atomic mass is 19.2. The highest BCUT2D eigenvalue weighted by molar-refractivity contribution is 5.76. The molecule has 1 aliphatic carbocycles. The normalized spacial score (nSPS) is 22.6. The summed E-state index contributed by atoms with van der Waals surface area (Å²) >= 11 is 0. The Morgan fingerprint density at radius 2 is 2.00 bits per heavy atom. The molecule has 1 amide bonds. The van der Waals surface area contributed by atoms with Crippen LogP contribution in [0.5, 0.6) is 0 Å². The molecule has 1 aromatic rings. The molecule has 5 heteroatoms. The largest absolute Gasteiger partial charge is 0.391 e. The molecular weight excluding hydrogens is 264 g/mol. The number of carbonyl (C=O) groups excluding carboxylic acids is 1. The highest BCUT2D eigenvalue weighted by Crippen LogP contribution is 2.18. The SMILES string of the molecule is O=C(CCc1ccc(F)c(F)c1)N[C@H]1CCCC[C@@H]1O. The number of amides is 1. The maximum Gasteiger partial charge on any atom is 0.220 e. The van der Waals surface area contributed by atoms with Crippen molar-refractivity contribution in [3.63, 3.8) is 0 Å². The van der Waals surface area contributed by atoms with E-state index in [-0.39, 0.29) is 18.4 Å². The minimum atomic E-state index is -0.898. The number of halogens is 2. The molecule has 1 saturated carbocycles. The van der Waals surface area contributed by atoms with Crippen molar-refractivity contribution < 1.29 is 18.7 Å². The number of aryl methyl sites for hydroxylation is 1. The van der Waals surface area contributed by atoms with Gasteiger partial charge in [0.2, 0.25) is 5.91 Å². The van der Waals surface area contributed by atoms with Crippen LogP contribution in [0.2, 0.25) is 0 Å². The molecule has 0 unspecified atom stereocenters. The number of rotatable bonds is 4. The molecule has 3 nitrogen and oxygen atoms in total. The molecule has 1 fully saturated rings. The molecule has 2 N–H and O–H groups in total. The van der Waals surface area contributed by atoms with Crippen LogP contribution in [0.1, 0.15) is 37.7 Å². The van der Waals surface area contributed by atoms with Gasteiger partial charge >= 0.3 is 0 Å². The topological polar surface area (TPSA) is 49.3 Å². The maximum absolute atomic E-state index is 13.0. The van der Waals surface area contributed by atoms with Crippen LogP contribution in [-0.4, -0.2) is 23.2 Å². The Morgan fingerprint density at radius 1 is 1.25 bits per heavy atom. The van der Waals surface area contributed by atoms with Gasteiger partial charge in [-0.3, -0.25) is 4.79 Å². The Bertz CT molecular complexity index is 479. The van der Waals surface area contributed by atoms with Crippen LogP contribution >= 0.6 is 0 Å². The van der Waals surface area contributed by atoms with Crippen molar-refractivity contribution in [2.24, 2.45) is 0 Å². The van der Waals surface area contributed by atoms with Gasteiger partial charge in [-0.1, -0.05) is 18.9 Å². The average Bonchev–Trinajstić information content (AvgIpc) is 2.43. The lowest BCUT2D eigenvalue weighted by Gasteiger charge is -2.28. The smallest absolute Gasteiger partial charge is 0.220 e. The van der Waals surface area contributed by atoms with Crippen molar-refractivity contribution in [1.29, 1.82) is 0 Å². The van der Waals surface area contributed by atoms with E-state index in [0.717, 1.165) is 31.4 Å². The minimum absolute atomic E-state index is 0.166. The Labute approximate surface area is 117 Å². The van der Waals surface area contributed by atoms with Crippen LogP contribution < -0.4 is 5.32 Å². The monoisotopic (exact) mass is 283 g/mol. The van der Waals surface area contributed by atoms with Crippen molar-refractivity contribution in [1.82, 2.24) is 5.32 Å². The van der Waals surface area contributed by atoms with Gasteiger partial charge < -0.3 is 10.4 Å². The highest BCUT2D eigenvalue weighted by Gasteiger charge is 2.24. The third-order valence-corrected chi connectivity index (χ3v) is 3.70. The Morgan fingerprint density at radius 3 is 2.70 bits per heavy atom. The van der Waals surface area contributed by atoms with Gasteiger partial charge in [0.15, 0.2) is 11.6 Å². The van der Waals surface area contributed by atoms with Crippen molar-refractivity contribution in [2.75, 3.05) is 0 Å². The molecule has 0 aromatic heterocycles. The number of aliphatic hydroxyl groups is 1. The predicted molar refractivity (Wildman–Crippen MR) is 71.1 cm³/mol. The summed E-state index contributed by atoms with van der Waals surface area (Å²) in [5.41, 5.74) is 0.586. The van der Waals surface area contributed by atoms with Gasteiger partial charge in [0, 0.05) is 6.42 Å². The molecule has 0 bridgehead atoms. The second-order valence-corrected chi connectivity index (χ2v) is 5.27. The molecule has 0 aliphatic heterocycles. The summed E-state index contributed by atoms with van der Waals surface area (Å²) in [6.07, 6.45) is 3.58. The number of hydrogen-bond donors (Lipinski definition) is 2. The summed E-state index contributed by atoms with van der Waals surface area (Å²) in [4.78, 5) is 11.8. The predicted octanol–water partition coefficient (Wildman–Crippen LogP) is 2.32. The van der Waals surface area contributed by atoms with Crippen molar-refractivity contribution in [2.45, 2.75) is 50.7 Å². The van der Waals surface area contributed by atoms with E-state index >= 15 is 0 Å². The van der Waals surface area contributed by atoms with Gasteiger partial charge in [-0.05, 0) is 37.0 Å². The van der Waals surface area contributed by atoms with Crippen molar-refractivity contribution in [3.05, 3.63) is 35.4 Å². The minimum Gasteiger partial charge on any atom is -0.391 e. The molecule has 0 saturated heterocycles. The molecule has 1 aliphatic rings. The second kappa shape index (κ2) is 6.79. The number of benzene rings is 1. The molecular formula is C15H19F2NO2. The molecule has 2 atom stereocenters. The standard InChI is InChI=1S/C15H19F2NO2/c16-11-7-5-10(9-12(11)17)6-8-15(20)18-13-3-1-2-4-14(13)19/h5,7,9,13-14,19H,1-4,6,8H2,(H,18,20)/t13-,14-/m0/s1. The molecule has 0 spiro atoms. The van der Waals surface area contributed by atoms with E-state index in [1.165, 1.54) is 6.07 Å². The van der Waals surface area contributed by atoms with Crippen LogP contribution in [-0.2, 0) is 11.2 Å². The number of hydrogen-bond acceptors (Lipinski definition) is 2. The molecule has 20 heavy (non-hydrogen) atoms. The summed E-state index contributed by atoms with van der Waals surface area (Å²) in [7, 11) is 0. The van der Waals surface area contributed by atoms with Gasteiger partial charge in [-0.15, -0.1) is 0 Å². The zero-order valence-electron chi connectivity index (χ0n) is 11.2. The summed E-state index contributed by atoms with van der Waals surface area (Å²) in [5.74, 6) is -1.95.